The molecule has 1 aliphatic carbocycles. The van der Waals surface area contributed by atoms with Crippen molar-refractivity contribution in [2.24, 2.45) is 0 Å². The van der Waals surface area contributed by atoms with E-state index >= 15 is 0 Å². The van der Waals surface area contributed by atoms with Crippen molar-refractivity contribution in [1.29, 1.82) is 0 Å². The molecule has 0 saturated heterocycles. The number of hydrogen-bond acceptors (Lipinski definition) is 4. The molecule has 0 unspecified atom stereocenters. The van der Waals surface area contributed by atoms with Gasteiger partial charge in [-0.3, -0.25) is 4.40 Å². The number of benzene rings is 1. The Bertz CT molecular complexity index is 926. The van der Waals surface area contributed by atoms with Crippen LogP contribution in [0.15, 0.2) is 24.4 Å². The van der Waals surface area contributed by atoms with Crippen molar-refractivity contribution in [3.8, 4) is 0 Å². The number of carbonyl (C=O) groups is 1. The lowest BCUT2D eigenvalue weighted by Crippen LogP contribution is -2.24. The molecular formula is C18H20N4O2. The van der Waals surface area contributed by atoms with Crippen LogP contribution >= 0.6 is 0 Å². The third kappa shape index (κ3) is 2.58. The molecule has 0 spiro atoms. The van der Waals surface area contributed by atoms with Crippen LogP contribution in [-0.2, 0) is 0 Å². The van der Waals surface area contributed by atoms with Crippen LogP contribution in [0, 0.1) is 6.92 Å². The van der Waals surface area contributed by atoms with Crippen LogP contribution in [0.25, 0.3) is 16.6 Å². The van der Waals surface area contributed by atoms with E-state index in [1.54, 1.807) is 18.2 Å². The summed E-state index contributed by atoms with van der Waals surface area (Å²) in [4.78, 5) is 20.6. The molecule has 1 aliphatic rings. The molecule has 1 fully saturated rings. The maximum Gasteiger partial charge on any atom is 0.335 e. The van der Waals surface area contributed by atoms with Crippen molar-refractivity contribution in [1.82, 2.24) is 14.4 Å². The summed E-state index contributed by atoms with van der Waals surface area (Å²) in [5, 5.41) is 13.6. The van der Waals surface area contributed by atoms with Crippen LogP contribution in [0.5, 0.6) is 0 Å². The van der Waals surface area contributed by atoms with Crippen LogP contribution in [0.1, 0.15) is 48.2 Å². The Morgan fingerprint density at radius 1 is 1.25 bits per heavy atom. The molecule has 124 valence electrons. The van der Waals surface area contributed by atoms with E-state index in [0.29, 0.717) is 11.6 Å². The fourth-order valence-electron chi connectivity index (χ4n) is 3.49. The van der Waals surface area contributed by atoms with Crippen LogP contribution in [0.2, 0.25) is 0 Å². The van der Waals surface area contributed by atoms with Crippen LogP contribution in [-0.4, -0.2) is 31.5 Å². The lowest BCUT2D eigenvalue weighted by atomic mass is 9.96. The van der Waals surface area contributed by atoms with Crippen molar-refractivity contribution in [2.45, 2.75) is 45.1 Å². The highest BCUT2D eigenvalue weighted by Gasteiger charge is 2.17. The number of aryl methyl sites for hydroxylation is 1. The molecule has 0 aliphatic heterocycles. The lowest BCUT2D eigenvalue weighted by Gasteiger charge is -2.23. The average Bonchev–Trinajstić information content (AvgIpc) is 2.97. The molecule has 2 N–H and O–H groups in total. The van der Waals surface area contributed by atoms with Crippen molar-refractivity contribution in [3.05, 3.63) is 35.7 Å². The number of anilines is 1. The minimum atomic E-state index is -0.945. The van der Waals surface area contributed by atoms with Crippen molar-refractivity contribution < 1.29 is 9.90 Å². The van der Waals surface area contributed by atoms with Crippen LogP contribution in [0.3, 0.4) is 0 Å². The van der Waals surface area contributed by atoms with E-state index in [1.165, 1.54) is 19.3 Å². The summed E-state index contributed by atoms with van der Waals surface area (Å²) >= 11 is 0. The first-order valence-electron chi connectivity index (χ1n) is 8.41. The third-order valence-electron chi connectivity index (χ3n) is 4.70. The van der Waals surface area contributed by atoms with Crippen molar-refractivity contribution in [3.63, 3.8) is 0 Å². The monoisotopic (exact) mass is 324 g/mol. The van der Waals surface area contributed by atoms with E-state index in [4.69, 9.17) is 4.98 Å². The number of carboxylic acid groups (broad SMARTS) is 1. The van der Waals surface area contributed by atoms with Gasteiger partial charge in [-0.1, -0.05) is 19.3 Å². The highest BCUT2D eigenvalue weighted by molar-refractivity contribution is 5.98. The molecule has 2 heterocycles. The normalized spacial score (nSPS) is 15.9. The highest BCUT2D eigenvalue weighted by Crippen LogP contribution is 2.26. The Balaban J connectivity index is 1.87. The lowest BCUT2D eigenvalue weighted by molar-refractivity contribution is 0.0697. The Morgan fingerprint density at radius 3 is 2.79 bits per heavy atom. The first-order chi connectivity index (χ1) is 11.6. The van der Waals surface area contributed by atoms with Gasteiger partial charge >= 0.3 is 5.97 Å². The smallest absolute Gasteiger partial charge is 0.335 e. The highest BCUT2D eigenvalue weighted by atomic mass is 16.4. The second kappa shape index (κ2) is 5.78. The maximum atomic E-state index is 11.2. The quantitative estimate of drug-likeness (QED) is 0.769. The minimum absolute atomic E-state index is 0.242. The first-order valence-corrected chi connectivity index (χ1v) is 8.41. The summed E-state index contributed by atoms with van der Waals surface area (Å²) in [6.07, 6.45) is 8.03. The third-order valence-corrected chi connectivity index (χ3v) is 4.70. The molecule has 0 bridgehead atoms. The van der Waals surface area contributed by atoms with Crippen molar-refractivity contribution in [2.75, 3.05) is 5.32 Å². The number of nitrogens with one attached hydrogen (secondary N) is 1. The molecule has 24 heavy (non-hydrogen) atoms. The van der Waals surface area contributed by atoms with E-state index in [0.717, 1.165) is 35.5 Å². The van der Waals surface area contributed by atoms with Gasteiger partial charge in [-0.25, -0.2) is 14.8 Å². The molecule has 3 aromatic rings. The Kier molecular flexibility index (Phi) is 3.59. The summed E-state index contributed by atoms with van der Waals surface area (Å²) in [5.41, 5.74) is 2.63. The number of aromatic carboxylic acids is 1. The van der Waals surface area contributed by atoms with Gasteiger partial charge in [-0.15, -0.1) is 0 Å². The van der Waals surface area contributed by atoms with Gasteiger partial charge in [0.1, 0.15) is 5.65 Å². The number of aromatic nitrogens is 3. The molecule has 6 heteroatoms. The largest absolute Gasteiger partial charge is 0.478 e. The summed E-state index contributed by atoms with van der Waals surface area (Å²) < 4.78 is 1.98. The van der Waals surface area contributed by atoms with Gasteiger partial charge in [-0.2, -0.15) is 0 Å². The van der Waals surface area contributed by atoms with Crippen LogP contribution in [0.4, 0.5) is 5.95 Å². The van der Waals surface area contributed by atoms with Gasteiger partial charge in [0.05, 0.1) is 16.8 Å². The van der Waals surface area contributed by atoms with E-state index in [2.05, 4.69) is 10.3 Å². The van der Waals surface area contributed by atoms with Gasteiger partial charge in [0.15, 0.2) is 0 Å². The van der Waals surface area contributed by atoms with Gasteiger partial charge in [0.25, 0.3) is 0 Å². The van der Waals surface area contributed by atoms with Gasteiger partial charge < -0.3 is 10.4 Å². The Hall–Kier alpha value is -2.63. The zero-order valence-corrected chi connectivity index (χ0v) is 13.6. The number of nitrogens with zero attached hydrogens (tertiary/aromatic N) is 3. The molecule has 6 nitrogen and oxygen atoms in total. The number of hydrogen-bond donors (Lipinski definition) is 2. The average molecular weight is 324 g/mol. The molecule has 1 aromatic carbocycles. The van der Waals surface area contributed by atoms with E-state index < -0.39 is 5.97 Å². The molecule has 4 rings (SSSR count). The molecule has 1 saturated carbocycles. The number of fused-ring (bicyclic) bond motifs is 3. The van der Waals surface area contributed by atoms with Gasteiger partial charge in [-0.05, 0) is 38.0 Å². The fraction of sp³-hybridized carbons (Fsp3) is 0.389. The molecule has 0 amide bonds. The molecule has 2 aromatic heterocycles. The SMILES string of the molecule is Cc1cn2c(NC3CCCCC3)nc3cc(C(=O)O)ccc3c2n1. The summed E-state index contributed by atoms with van der Waals surface area (Å²) in [5.74, 6) is -0.201. The maximum absolute atomic E-state index is 11.2. The van der Waals surface area contributed by atoms with E-state index in [1.807, 2.05) is 17.5 Å². The molecule has 0 atom stereocenters. The fourth-order valence-corrected chi connectivity index (χ4v) is 3.49. The second-order valence-electron chi connectivity index (χ2n) is 6.53. The van der Waals surface area contributed by atoms with Gasteiger partial charge in [0.2, 0.25) is 5.95 Å². The Morgan fingerprint density at radius 2 is 2.04 bits per heavy atom. The summed E-state index contributed by atoms with van der Waals surface area (Å²) in [6, 6.07) is 5.42. The number of imidazole rings is 1. The zero-order valence-electron chi connectivity index (χ0n) is 13.6. The Labute approximate surface area is 139 Å². The zero-order chi connectivity index (χ0) is 16.7. The molecule has 0 radical (unpaired) electrons. The topological polar surface area (TPSA) is 79.5 Å². The van der Waals surface area contributed by atoms with E-state index in [9.17, 15) is 9.90 Å². The number of rotatable bonds is 3. The van der Waals surface area contributed by atoms with Gasteiger partial charge in [0, 0.05) is 17.6 Å². The number of carboxylic acids is 1. The predicted octanol–water partition coefficient (Wildman–Crippen LogP) is 3.63. The van der Waals surface area contributed by atoms with Crippen LogP contribution < -0.4 is 5.32 Å². The second-order valence-corrected chi connectivity index (χ2v) is 6.53. The predicted molar refractivity (Wildman–Crippen MR) is 92.7 cm³/mol. The standard InChI is InChI=1S/C18H20N4O2/c1-11-10-22-16(19-11)14-8-7-12(17(23)24)9-15(14)21-18(22)20-13-5-3-2-4-6-13/h7-10,13H,2-6H2,1H3,(H,20,21)(H,23,24). The van der Waals surface area contributed by atoms with Crippen molar-refractivity contribution >= 4 is 28.5 Å². The summed E-state index contributed by atoms with van der Waals surface area (Å²) in [7, 11) is 0. The molecular weight excluding hydrogens is 304 g/mol. The minimum Gasteiger partial charge on any atom is -0.478 e. The van der Waals surface area contributed by atoms with E-state index in [-0.39, 0.29) is 5.56 Å². The summed E-state index contributed by atoms with van der Waals surface area (Å²) in [6.45, 7) is 1.95. The first kappa shape index (κ1) is 14.9.